The molecule has 2 atom stereocenters. The fourth-order valence-corrected chi connectivity index (χ4v) is 1.51. The second kappa shape index (κ2) is 15.1. The lowest BCUT2D eigenvalue weighted by Crippen LogP contribution is -1.82. The third-order valence-electron chi connectivity index (χ3n) is 3.32. The van der Waals surface area contributed by atoms with E-state index in [1.165, 1.54) is 0 Å². The van der Waals surface area contributed by atoms with Crippen LogP contribution in [0.5, 0.6) is 0 Å². The summed E-state index contributed by atoms with van der Waals surface area (Å²) in [5, 5.41) is 1.86. The monoisotopic (exact) mass is 396 g/mol. The SMILES string of the molecule is C=C(P)/C=C\C(=C)C(=C)/C=C\C(=C)C(=C)CC.C=C(P)/C=C\C(=C)C(=C)C. The van der Waals surface area contributed by atoms with Crippen molar-refractivity contribution in [1.29, 1.82) is 0 Å². The molecule has 0 aromatic carbocycles. The average Bonchev–Trinajstić information content (AvgIpc) is 2.61. The highest BCUT2D eigenvalue weighted by Gasteiger charge is 1.95. The van der Waals surface area contributed by atoms with Crippen molar-refractivity contribution in [2.24, 2.45) is 0 Å². The molecular formula is C25H34P2. The Balaban J connectivity index is 0. The first-order valence-electron chi connectivity index (χ1n) is 8.45. The van der Waals surface area contributed by atoms with Gasteiger partial charge in [0.2, 0.25) is 0 Å². The summed E-state index contributed by atoms with van der Waals surface area (Å²) < 4.78 is 0. The Morgan fingerprint density at radius 2 is 0.926 bits per heavy atom. The number of rotatable bonds is 10. The first kappa shape index (κ1) is 27.2. The van der Waals surface area contributed by atoms with E-state index < -0.39 is 0 Å². The molecule has 0 aliphatic carbocycles. The molecule has 0 saturated heterocycles. The Kier molecular flexibility index (Phi) is 15.2. The Labute approximate surface area is 172 Å². The highest BCUT2D eigenvalue weighted by atomic mass is 31.0. The molecule has 0 radical (unpaired) electrons. The van der Waals surface area contributed by atoms with Gasteiger partial charge in [0.15, 0.2) is 0 Å². The van der Waals surface area contributed by atoms with Crippen LogP contribution < -0.4 is 0 Å². The minimum absolute atomic E-state index is 0.859. The molecule has 0 aromatic heterocycles. The van der Waals surface area contributed by atoms with Gasteiger partial charge in [-0.3, -0.25) is 0 Å². The second-order valence-corrected chi connectivity index (χ2v) is 7.47. The van der Waals surface area contributed by atoms with Crippen LogP contribution in [-0.4, -0.2) is 0 Å². The summed E-state index contributed by atoms with van der Waals surface area (Å²) in [7, 11) is 5.02. The van der Waals surface area contributed by atoms with Crippen molar-refractivity contribution in [2.45, 2.75) is 20.3 Å². The van der Waals surface area contributed by atoms with Crippen molar-refractivity contribution in [3.05, 3.63) is 133 Å². The van der Waals surface area contributed by atoms with Crippen molar-refractivity contribution in [2.75, 3.05) is 0 Å². The number of allylic oxidation sites excluding steroid dienone is 14. The Morgan fingerprint density at radius 3 is 1.26 bits per heavy atom. The standard InChI is InChI=1S/C16H21P.C9H13P/c1-7-12(2)13(3)8-9-14(4)15(5)10-11-16(6)17;1-7(2)8(3)5-6-9(4)10/h8-11H,2-7,17H2,1H3;5-6H,1,3-4,10H2,2H3/b9-8-,11-10-;6-5-. The van der Waals surface area contributed by atoms with Crippen molar-refractivity contribution in [3.8, 4) is 0 Å². The third-order valence-corrected chi connectivity index (χ3v) is 3.71. The zero-order valence-corrected chi connectivity index (χ0v) is 19.3. The second-order valence-electron chi connectivity index (χ2n) is 5.99. The van der Waals surface area contributed by atoms with E-state index in [0.29, 0.717) is 0 Å². The van der Waals surface area contributed by atoms with E-state index in [1.807, 2.05) is 43.4 Å². The van der Waals surface area contributed by atoms with E-state index in [2.05, 4.69) is 78.0 Å². The summed E-state index contributed by atoms with van der Waals surface area (Å²) in [5.74, 6) is 0. The zero-order chi connectivity index (χ0) is 21.6. The van der Waals surface area contributed by atoms with Gasteiger partial charge >= 0.3 is 0 Å². The molecule has 2 unspecified atom stereocenters. The van der Waals surface area contributed by atoms with Gasteiger partial charge in [-0.25, -0.2) is 0 Å². The summed E-state index contributed by atoms with van der Waals surface area (Å²) in [6.45, 7) is 34.7. The number of hydrogen-bond donors (Lipinski definition) is 0. The molecule has 27 heavy (non-hydrogen) atoms. The van der Waals surface area contributed by atoms with E-state index in [9.17, 15) is 0 Å². The Hall–Kier alpha value is -2.00. The molecule has 0 heterocycles. The van der Waals surface area contributed by atoms with Gasteiger partial charge in [-0.2, -0.15) is 0 Å². The average molecular weight is 396 g/mol. The van der Waals surface area contributed by atoms with E-state index >= 15 is 0 Å². The van der Waals surface area contributed by atoms with Crippen LogP contribution in [0.3, 0.4) is 0 Å². The van der Waals surface area contributed by atoms with E-state index in [0.717, 1.165) is 50.5 Å². The fraction of sp³-hybridized carbons (Fsp3) is 0.120. The molecule has 0 N–H and O–H groups in total. The molecular weight excluding hydrogens is 362 g/mol. The lowest BCUT2D eigenvalue weighted by atomic mass is 10.0. The molecule has 144 valence electrons. The molecule has 0 aliphatic heterocycles. The largest absolute Gasteiger partial charge is 0.106 e. The fourth-order valence-electron chi connectivity index (χ4n) is 1.32. The first-order valence-corrected chi connectivity index (χ1v) is 9.60. The van der Waals surface area contributed by atoms with Gasteiger partial charge in [-0.05, 0) is 51.8 Å². The van der Waals surface area contributed by atoms with Crippen molar-refractivity contribution in [1.82, 2.24) is 0 Å². The highest BCUT2D eigenvalue weighted by molar-refractivity contribution is 7.23. The van der Waals surface area contributed by atoms with Gasteiger partial charge < -0.3 is 0 Å². The van der Waals surface area contributed by atoms with E-state index in [1.54, 1.807) is 0 Å². The summed E-state index contributed by atoms with van der Waals surface area (Å²) >= 11 is 0. The van der Waals surface area contributed by atoms with Gasteiger partial charge in [-0.15, -0.1) is 18.5 Å². The Morgan fingerprint density at radius 1 is 0.593 bits per heavy atom. The lowest BCUT2D eigenvalue weighted by molar-refractivity contribution is 1.14. The normalized spacial score (nSPS) is 10.4. The van der Waals surface area contributed by atoms with Crippen LogP contribution in [-0.2, 0) is 0 Å². The smallest absolute Gasteiger partial charge is 0.0262 e. The molecule has 0 aliphatic rings. The first-order chi connectivity index (χ1) is 12.4. The lowest BCUT2D eigenvalue weighted by Gasteiger charge is -2.02. The minimum Gasteiger partial charge on any atom is -0.106 e. The number of hydrogen-bond acceptors (Lipinski definition) is 0. The van der Waals surface area contributed by atoms with Crippen LogP contribution in [0.1, 0.15) is 20.3 Å². The quantitative estimate of drug-likeness (QED) is 0.258. The minimum atomic E-state index is 0.859. The Bertz CT molecular complexity index is 734. The van der Waals surface area contributed by atoms with Crippen LogP contribution in [0.2, 0.25) is 0 Å². The third kappa shape index (κ3) is 15.9. The van der Waals surface area contributed by atoms with Crippen molar-refractivity contribution < 1.29 is 0 Å². The zero-order valence-electron chi connectivity index (χ0n) is 17.0. The molecule has 0 rings (SSSR count). The van der Waals surface area contributed by atoms with Crippen LogP contribution in [0.4, 0.5) is 0 Å². The van der Waals surface area contributed by atoms with Gasteiger partial charge in [-0.1, -0.05) is 102 Å². The molecule has 0 aromatic rings. The summed E-state index contributed by atoms with van der Waals surface area (Å²) in [5.41, 5.74) is 5.62. The predicted octanol–water partition coefficient (Wildman–Crippen LogP) is 8.19. The maximum atomic E-state index is 3.94. The molecule has 0 nitrogen and oxygen atoms in total. The summed E-state index contributed by atoms with van der Waals surface area (Å²) in [4.78, 5) is 0. The maximum Gasteiger partial charge on any atom is -0.0262 e. The molecule has 0 spiro atoms. The van der Waals surface area contributed by atoms with Gasteiger partial charge in [0.05, 0.1) is 0 Å². The molecule has 0 saturated carbocycles. The van der Waals surface area contributed by atoms with Gasteiger partial charge in [0.25, 0.3) is 0 Å². The van der Waals surface area contributed by atoms with Crippen LogP contribution in [0, 0.1) is 0 Å². The van der Waals surface area contributed by atoms with E-state index in [-0.39, 0.29) is 0 Å². The van der Waals surface area contributed by atoms with Crippen LogP contribution in [0.25, 0.3) is 0 Å². The maximum absolute atomic E-state index is 3.94. The topological polar surface area (TPSA) is 0 Å². The highest BCUT2D eigenvalue weighted by Crippen LogP contribution is 2.15. The van der Waals surface area contributed by atoms with Gasteiger partial charge in [0, 0.05) is 0 Å². The summed E-state index contributed by atoms with van der Waals surface area (Å²) in [6.07, 6.45) is 12.3. The molecule has 0 amide bonds. The van der Waals surface area contributed by atoms with Crippen LogP contribution in [0.15, 0.2) is 133 Å². The molecule has 0 fully saturated rings. The molecule has 0 bridgehead atoms. The van der Waals surface area contributed by atoms with E-state index in [4.69, 9.17) is 0 Å². The van der Waals surface area contributed by atoms with Crippen LogP contribution >= 0.6 is 18.5 Å². The van der Waals surface area contributed by atoms with Gasteiger partial charge in [0.1, 0.15) is 0 Å². The van der Waals surface area contributed by atoms with Crippen molar-refractivity contribution >= 4 is 18.5 Å². The predicted molar refractivity (Wildman–Crippen MR) is 136 cm³/mol. The van der Waals surface area contributed by atoms with Crippen molar-refractivity contribution in [3.63, 3.8) is 0 Å². The summed E-state index contributed by atoms with van der Waals surface area (Å²) in [6, 6.07) is 0. The molecule has 2 heteroatoms.